The Balaban J connectivity index is 2.17. The molecule has 0 atom stereocenters. The van der Waals surface area contributed by atoms with Crippen molar-refractivity contribution < 1.29 is 14.3 Å². The van der Waals surface area contributed by atoms with Gasteiger partial charge in [-0.3, -0.25) is 9.59 Å². The van der Waals surface area contributed by atoms with Crippen LogP contribution in [0.25, 0.3) is 0 Å². The molecule has 2 aromatic carbocycles. The van der Waals surface area contributed by atoms with Crippen LogP contribution in [0.4, 0.5) is 5.69 Å². The molecule has 2 rings (SSSR count). The van der Waals surface area contributed by atoms with Crippen LogP contribution in [0, 0.1) is 0 Å². The van der Waals surface area contributed by atoms with Crippen LogP contribution >= 0.6 is 0 Å². The summed E-state index contributed by atoms with van der Waals surface area (Å²) >= 11 is 0. The number of hydrogen-bond donors (Lipinski definition) is 1. The number of carbonyl (C=O) groups excluding carboxylic acids is 2. The SMILES string of the molecule is CCC(=O)Nc1cc(C=O)ccc1OCc1ccccc1. The second-order valence-electron chi connectivity index (χ2n) is 4.55. The summed E-state index contributed by atoms with van der Waals surface area (Å²) in [5.74, 6) is 0.425. The number of anilines is 1. The van der Waals surface area contributed by atoms with Gasteiger partial charge in [0, 0.05) is 12.0 Å². The lowest BCUT2D eigenvalue weighted by molar-refractivity contribution is -0.115. The van der Waals surface area contributed by atoms with Gasteiger partial charge in [-0.1, -0.05) is 37.3 Å². The van der Waals surface area contributed by atoms with Crippen molar-refractivity contribution in [2.45, 2.75) is 20.0 Å². The molecule has 0 aliphatic heterocycles. The highest BCUT2D eigenvalue weighted by atomic mass is 16.5. The highest BCUT2D eigenvalue weighted by molar-refractivity contribution is 5.93. The Morgan fingerprint density at radius 3 is 2.62 bits per heavy atom. The third-order valence-corrected chi connectivity index (χ3v) is 2.97. The molecule has 0 aliphatic carbocycles. The first-order valence-electron chi connectivity index (χ1n) is 6.78. The summed E-state index contributed by atoms with van der Waals surface area (Å²) in [6, 6.07) is 14.7. The molecule has 2 aromatic rings. The molecule has 1 N–H and O–H groups in total. The first kappa shape index (κ1) is 14.8. The number of hydrogen-bond acceptors (Lipinski definition) is 3. The van der Waals surface area contributed by atoms with Gasteiger partial charge >= 0.3 is 0 Å². The molecule has 0 heterocycles. The molecule has 1 amide bonds. The fraction of sp³-hybridized carbons (Fsp3) is 0.176. The van der Waals surface area contributed by atoms with Crippen LogP contribution in [0.5, 0.6) is 5.75 Å². The number of amides is 1. The van der Waals surface area contributed by atoms with E-state index >= 15 is 0 Å². The molecule has 0 fully saturated rings. The Morgan fingerprint density at radius 2 is 1.95 bits per heavy atom. The lowest BCUT2D eigenvalue weighted by Gasteiger charge is -2.13. The van der Waals surface area contributed by atoms with Gasteiger partial charge in [0.2, 0.25) is 5.91 Å². The van der Waals surface area contributed by atoms with Crippen LogP contribution in [0.2, 0.25) is 0 Å². The lowest BCUT2D eigenvalue weighted by Crippen LogP contribution is -2.11. The summed E-state index contributed by atoms with van der Waals surface area (Å²) in [7, 11) is 0. The quantitative estimate of drug-likeness (QED) is 0.826. The van der Waals surface area contributed by atoms with E-state index in [-0.39, 0.29) is 5.91 Å². The normalized spacial score (nSPS) is 9.95. The molecule has 0 radical (unpaired) electrons. The summed E-state index contributed by atoms with van der Waals surface area (Å²) < 4.78 is 5.74. The molecule has 108 valence electrons. The van der Waals surface area contributed by atoms with Gasteiger partial charge in [-0.15, -0.1) is 0 Å². The van der Waals surface area contributed by atoms with Crippen molar-refractivity contribution >= 4 is 17.9 Å². The average molecular weight is 283 g/mol. The minimum absolute atomic E-state index is 0.123. The number of rotatable bonds is 6. The number of aldehydes is 1. The fourth-order valence-electron chi connectivity index (χ4n) is 1.82. The smallest absolute Gasteiger partial charge is 0.224 e. The Bertz CT molecular complexity index is 623. The topological polar surface area (TPSA) is 55.4 Å². The van der Waals surface area contributed by atoms with Crippen molar-refractivity contribution in [1.82, 2.24) is 0 Å². The zero-order chi connectivity index (χ0) is 15.1. The Labute approximate surface area is 123 Å². The first-order chi connectivity index (χ1) is 10.2. The van der Waals surface area contributed by atoms with Gasteiger partial charge in [0.1, 0.15) is 18.6 Å². The molecule has 0 saturated heterocycles. The monoisotopic (exact) mass is 283 g/mol. The van der Waals surface area contributed by atoms with Crippen molar-refractivity contribution in [2.75, 3.05) is 5.32 Å². The highest BCUT2D eigenvalue weighted by Crippen LogP contribution is 2.26. The third-order valence-electron chi connectivity index (χ3n) is 2.97. The van der Waals surface area contributed by atoms with Gasteiger partial charge in [0.25, 0.3) is 0 Å². The first-order valence-corrected chi connectivity index (χ1v) is 6.78. The van der Waals surface area contributed by atoms with E-state index in [2.05, 4.69) is 5.32 Å². The van der Waals surface area contributed by atoms with Gasteiger partial charge in [0.05, 0.1) is 5.69 Å². The zero-order valence-corrected chi connectivity index (χ0v) is 11.8. The van der Waals surface area contributed by atoms with Crippen LogP contribution in [-0.4, -0.2) is 12.2 Å². The third kappa shape index (κ3) is 4.18. The summed E-state index contributed by atoms with van der Waals surface area (Å²) in [6.07, 6.45) is 1.10. The maximum Gasteiger partial charge on any atom is 0.224 e. The number of benzene rings is 2. The molecule has 0 spiro atoms. The molecule has 0 aromatic heterocycles. The number of ether oxygens (including phenoxy) is 1. The largest absolute Gasteiger partial charge is 0.487 e. The van der Waals surface area contributed by atoms with Crippen LogP contribution in [0.1, 0.15) is 29.3 Å². The minimum atomic E-state index is -0.123. The average Bonchev–Trinajstić information content (AvgIpc) is 2.54. The van der Waals surface area contributed by atoms with E-state index in [0.29, 0.717) is 30.0 Å². The van der Waals surface area contributed by atoms with Gasteiger partial charge in [0.15, 0.2) is 0 Å². The molecule has 0 unspecified atom stereocenters. The molecule has 4 nitrogen and oxygen atoms in total. The second-order valence-corrected chi connectivity index (χ2v) is 4.55. The van der Waals surface area contributed by atoms with E-state index < -0.39 is 0 Å². The maximum atomic E-state index is 11.6. The molecular formula is C17H17NO3. The molecule has 0 bridgehead atoms. The molecule has 0 saturated carbocycles. The van der Waals surface area contributed by atoms with E-state index in [1.807, 2.05) is 30.3 Å². The van der Waals surface area contributed by atoms with Crippen LogP contribution in [-0.2, 0) is 11.4 Å². The number of nitrogens with one attached hydrogen (secondary N) is 1. The fourth-order valence-corrected chi connectivity index (χ4v) is 1.82. The molecule has 21 heavy (non-hydrogen) atoms. The van der Waals surface area contributed by atoms with E-state index in [9.17, 15) is 9.59 Å². The van der Waals surface area contributed by atoms with Crippen molar-refractivity contribution in [3.05, 3.63) is 59.7 Å². The zero-order valence-electron chi connectivity index (χ0n) is 11.8. The van der Waals surface area contributed by atoms with Crippen molar-refractivity contribution in [2.24, 2.45) is 0 Å². The van der Waals surface area contributed by atoms with Crippen LogP contribution in [0.3, 0.4) is 0 Å². The van der Waals surface area contributed by atoms with E-state index in [1.165, 1.54) is 0 Å². The lowest BCUT2D eigenvalue weighted by atomic mass is 10.2. The van der Waals surface area contributed by atoms with Crippen molar-refractivity contribution in [3.63, 3.8) is 0 Å². The maximum absolute atomic E-state index is 11.6. The van der Waals surface area contributed by atoms with Gasteiger partial charge in [-0.25, -0.2) is 0 Å². The Hall–Kier alpha value is -2.62. The summed E-state index contributed by atoms with van der Waals surface area (Å²) in [6.45, 7) is 2.17. The minimum Gasteiger partial charge on any atom is -0.487 e. The van der Waals surface area contributed by atoms with Gasteiger partial charge in [-0.2, -0.15) is 0 Å². The summed E-state index contributed by atoms with van der Waals surface area (Å²) in [5.41, 5.74) is 2.04. The van der Waals surface area contributed by atoms with Crippen molar-refractivity contribution in [1.29, 1.82) is 0 Å². The Kier molecular flexibility index (Phi) is 5.10. The Morgan fingerprint density at radius 1 is 1.19 bits per heavy atom. The number of carbonyl (C=O) groups is 2. The van der Waals surface area contributed by atoms with Gasteiger partial charge < -0.3 is 10.1 Å². The molecular weight excluding hydrogens is 266 g/mol. The predicted molar refractivity (Wildman–Crippen MR) is 81.5 cm³/mol. The molecule has 0 aliphatic rings. The van der Waals surface area contributed by atoms with Crippen LogP contribution in [0.15, 0.2) is 48.5 Å². The van der Waals surface area contributed by atoms with Crippen molar-refractivity contribution in [3.8, 4) is 5.75 Å². The summed E-state index contributed by atoms with van der Waals surface area (Å²) in [5, 5.41) is 2.75. The van der Waals surface area contributed by atoms with Crippen LogP contribution < -0.4 is 10.1 Å². The standard InChI is InChI=1S/C17H17NO3/c1-2-17(20)18-15-10-14(11-19)8-9-16(15)21-12-13-6-4-3-5-7-13/h3-11H,2,12H2,1H3,(H,18,20). The van der Waals surface area contributed by atoms with E-state index in [0.717, 1.165) is 11.8 Å². The second kappa shape index (κ2) is 7.24. The predicted octanol–water partition coefficient (Wildman–Crippen LogP) is 3.43. The van der Waals surface area contributed by atoms with E-state index in [4.69, 9.17) is 4.74 Å². The highest BCUT2D eigenvalue weighted by Gasteiger charge is 2.08. The molecule has 4 heteroatoms. The summed E-state index contributed by atoms with van der Waals surface area (Å²) in [4.78, 5) is 22.4. The van der Waals surface area contributed by atoms with E-state index in [1.54, 1.807) is 25.1 Å². The van der Waals surface area contributed by atoms with Gasteiger partial charge in [-0.05, 0) is 23.8 Å².